The van der Waals surface area contributed by atoms with Crippen molar-refractivity contribution in [3.05, 3.63) is 41.1 Å². The fraction of sp³-hybridized carbons (Fsp3) is 0.368. The van der Waals surface area contributed by atoms with Crippen molar-refractivity contribution < 1.29 is 9.32 Å². The van der Waals surface area contributed by atoms with Crippen LogP contribution in [0.1, 0.15) is 48.3 Å². The maximum atomic E-state index is 12.2. The lowest BCUT2D eigenvalue weighted by molar-refractivity contribution is 0.0943. The first-order chi connectivity index (χ1) is 12.6. The summed E-state index contributed by atoms with van der Waals surface area (Å²) < 4.78 is 5.45. The van der Waals surface area contributed by atoms with Crippen molar-refractivity contribution in [2.75, 3.05) is 0 Å². The van der Waals surface area contributed by atoms with Crippen LogP contribution in [0.3, 0.4) is 0 Å². The number of hydrogen-bond donors (Lipinski definition) is 2. The van der Waals surface area contributed by atoms with Crippen LogP contribution in [0.5, 0.6) is 0 Å². The van der Waals surface area contributed by atoms with Gasteiger partial charge in [-0.3, -0.25) is 9.89 Å². The van der Waals surface area contributed by atoms with Crippen LogP contribution in [-0.2, 0) is 12.8 Å². The summed E-state index contributed by atoms with van der Waals surface area (Å²) in [6, 6.07) is 7.30. The van der Waals surface area contributed by atoms with Gasteiger partial charge < -0.3 is 9.84 Å². The lowest BCUT2D eigenvalue weighted by atomic mass is 9.96. The molecule has 2 heterocycles. The minimum Gasteiger partial charge on any atom is -0.350 e. The highest BCUT2D eigenvalue weighted by atomic mass is 16.5. The summed E-state index contributed by atoms with van der Waals surface area (Å²) in [6.45, 7) is 3.86. The summed E-state index contributed by atoms with van der Waals surface area (Å²) in [5, 5.41) is 14.4. The van der Waals surface area contributed by atoms with E-state index in [1.807, 2.05) is 26.0 Å². The Bertz CT molecular complexity index is 941. The molecule has 0 radical (unpaired) electrons. The van der Waals surface area contributed by atoms with Crippen molar-refractivity contribution in [1.82, 2.24) is 25.7 Å². The van der Waals surface area contributed by atoms with Crippen LogP contribution in [0, 0.1) is 0 Å². The van der Waals surface area contributed by atoms with Crippen molar-refractivity contribution in [1.29, 1.82) is 0 Å². The average Bonchev–Trinajstić information content (AvgIpc) is 3.28. The Kier molecular flexibility index (Phi) is 4.28. The van der Waals surface area contributed by atoms with Gasteiger partial charge in [-0.1, -0.05) is 17.3 Å². The molecule has 7 heteroatoms. The van der Waals surface area contributed by atoms with E-state index in [1.54, 1.807) is 12.1 Å². The summed E-state index contributed by atoms with van der Waals surface area (Å²) in [7, 11) is 0. The zero-order valence-corrected chi connectivity index (χ0v) is 14.9. The van der Waals surface area contributed by atoms with E-state index >= 15 is 0 Å². The lowest BCUT2D eigenvalue weighted by Gasteiger charge is -2.09. The third-order valence-electron chi connectivity index (χ3n) is 4.49. The van der Waals surface area contributed by atoms with Crippen molar-refractivity contribution in [2.24, 2.45) is 0 Å². The average molecular weight is 351 g/mol. The Morgan fingerprint density at radius 3 is 2.96 bits per heavy atom. The molecule has 26 heavy (non-hydrogen) atoms. The van der Waals surface area contributed by atoms with Crippen LogP contribution in [0.25, 0.3) is 23.0 Å². The normalized spacial score (nSPS) is 13.7. The Hall–Kier alpha value is -2.96. The molecule has 1 aliphatic rings. The number of aromatic nitrogens is 4. The van der Waals surface area contributed by atoms with E-state index in [1.165, 1.54) is 17.7 Å². The summed E-state index contributed by atoms with van der Waals surface area (Å²) >= 11 is 0. The van der Waals surface area contributed by atoms with E-state index in [0.717, 1.165) is 30.5 Å². The minimum absolute atomic E-state index is 0.0776. The summed E-state index contributed by atoms with van der Waals surface area (Å²) in [5.74, 6) is 0.745. The number of aryl methyl sites for hydroxylation is 1. The maximum Gasteiger partial charge on any atom is 0.279 e. The van der Waals surface area contributed by atoms with Gasteiger partial charge in [0.05, 0.1) is 0 Å². The van der Waals surface area contributed by atoms with Crippen LogP contribution in [0.2, 0.25) is 0 Å². The predicted octanol–water partition coefficient (Wildman–Crippen LogP) is 3.14. The highest BCUT2D eigenvalue weighted by Gasteiger charge is 2.22. The second-order valence-corrected chi connectivity index (χ2v) is 6.87. The summed E-state index contributed by atoms with van der Waals surface area (Å²) in [6.07, 6.45) is 4.31. The van der Waals surface area contributed by atoms with Gasteiger partial charge in [0.2, 0.25) is 5.82 Å². The molecule has 0 saturated carbocycles. The number of carbonyl (C=O) groups is 1. The first kappa shape index (κ1) is 16.5. The van der Waals surface area contributed by atoms with Gasteiger partial charge in [0.15, 0.2) is 5.69 Å². The van der Waals surface area contributed by atoms with E-state index in [2.05, 4.69) is 25.7 Å². The Morgan fingerprint density at radius 2 is 2.12 bits per heavy atom. The number of amides is 1. The smallest absolute Gasteiger partial charge is 0.279 e. The van der Waals surface area contributed by atoms with Crippen LogP contribution in [-0.4, -0.2) is 32.3 Å². The number of nitrogens with zero attached hydrogens (tertiary/aromatic N) is 3. The first-order valence-corrected chi connectivity index (χ1v) is 8.93. The van der Waals surface area contributed by atoms with E-state index in [9.17, 15) is 4.79 Å². The van der Waals surface area contributed by atoms with Crippen LogP contribution in [0.4, 0.5) is 0 Å². The van der Waals surface area contributed by atoms with Crippen molar-refractivity contribution in [3.8, 4) is 23.0 Å². The molecule has 0 bridgehead atoms. The summed E-state index contributed by atoms with van der Waals surface area (Å²) in [5.41, 5.74) is 4.39. The van der Waals surface area contributed by atoms with Crippen LogP contribution in [0.15, 0.2) is 28.8 Å². The fourth-order valence-electron chi connectivity index (χ4n) is 3.24. The van der Waals surface area contributed by atoms with Gasteiger partial charge in [0.25, 0.3) is 11.8 Å². The molecule has 1 aromatic carbocycles. The number of nitrogens with one attached hydrogen (secondary N) is 2. The van der Waals surface area contributed by atoms with Gasteiger partial charge in [-0.05, 0) is 51.7 Å². The molecule has 4 rings (SSSR count). The highest BCUT2D eigenvalue weighted by molar-refractivity contribution is 5.95. The molecule has 0 unspecified atom stereocenters. The Morgan fingerprint density at radius 1 is 1.27 bits per heavy atom. The van der Waals surface area contributed by atoms with Gasteiger partial charge in [-0.25, -0.2) is 0 Å². The number of hydrogen-bond acceptors (Lipinski definition) is 5. The topological polar surface area (TPSA) is 96.7 Å². The zero-order chi connectivity index (χ0) is 18.1. The van der Waals surface area contributed by atoms with Crippen LogP contribution < -0.4 is 5.32 Å². The maximum absolute atomic E-state index is 12.2. The third kappa shape index (κ3) is 3.12. The van der Waals surface area contributed by atoms with Gasteiger partial charge in [-0.2, -0.15) is 10.1 Å². The lowest BCUT2D eigenvalue weighted by Crippen LogP contribution is -2.30. The molecule has 7 nitrogen and oxygen atoms in total. The molecule has 1 amide bonds. The predicted molar refractivity (Wildman–Crippen MR) is 96.6 cm³/mol. The number of rotatable bonds is 4. The number of fused-ring (bicyclic) bond motifs is 1. The first-order valence-electron chi connectivity index (χ1n) is 8.93. The van der Waals surface area contributed by atoms with Crippen molar-refractivity contribution in [3.63, 3.8) is 0 Å². The molecular weight excluding hydrogens is 330 g/mol. The quantitative estimate of drug-likeness (QED) is 0.753. The number of carbonyl (C=O) groups excluding carboxylic acids is 1. The molecule has 134 valence electrons. The van der Waals surface area contributed by atoms with Crippen LogP contribution >= 0.6 is 0 Å². The van der Waals surface area contributed by atoms with E-state index < -0.39 is 0 Å². The zero-order valence-electron chi connectivity index (χ0n) is 14.9. The van der Waals surface area contributed by atoms with Gasteiger partial charge >= 0.3 is 0 Å². The molecule has 3 aromatic rings. The Balaban J connectivity index is 1.62. The molecule has 0 spiro atoms. The molecule has 0 saturated heterocycles. The molecule has 2 aromatic heterocycles. The SMILES string of the molecule is CC(C)NC(=O)c1cccc(-c2noc(-c3n[nH]c4c3CCCC4)n2)c1. The standard InChI is InChI=1S/C19H21N5O2/c1-11(2)20-18(25)13-7-5-6-12(10-13)17-21-19(26-24-17)16-14-8-3-4-9-15(14)22-23-16/h5-7,10-11H,3-4,8-9H2,1-2H3,(H,20,25)(H,22,23). The van der Waals surface area contributed by atoms with Gasteiger partial charge in [0, 0.05) is 28.4 Å². The monoisotopic (exact) mass is 351 g/mol. The Labute approximate surface area is 151 Å². The van der Waals surface area contributed by atoms with Crippen molar-refractivity contribution >= 4 is 5.91 Å². The van der Waals surface area contributed by atoms with Gasteiger partial charge in [-0.15, -0.1) is 0 Å². The minimum atomic E-state index is -0.119. The molecule has 2 N–H and O–H groups in total. The van der Waals surface area contributed by atoms with Crippen molar-refractivity contribution in [2.45, 2.75) is 45.6 Å². The number of H-pyrrole nitrogens is 1. The van der Waals surface area contributed by atoms with Gasteiger partial charge in [0.1, 0.15) is 0 Å². The molecular formula is C19H21N5O2. The van der Waals surface area contributed by atoms with E-state index in [0.29, 0.717) is 17.3 Å². The number of aromatic amines is 1. The second kappa shape index (κ2) is 6.74. The largest absolute Gasteiger partial charge is 0.350 e. The highest BCUT2D eigenvalue weighted by Crippen LogP contribution is 2.29. The van der Waals surface area contributed by atoms with E-state index in [-0.39, 0.29) is 11.9 Å². The molecule has 0 aliphatic heterocycles. The molecule has 1 aliphatic carbocycles. The number of benzene rings is 1. The van der Waals surface area contributed by atoms with E-state index in [4.69, 9.17) is 4.52 Å². The fourth-order valence-corrected chi connectivity index (χ4v) is 3.24. The second-order valence-electron chi connectivity index (χ2n) is 6.87. The molecule has 0 atom stereocenters. The third-order valence-corrected chi connectivity index (χ3v) is 4.49. The molecule has 0 fully saturated rings. The summed E-state index contributed by atoms with van der Waals surface area (Å²) in [4.78, 5) is 16.7.